The zero-order chi connectivity index (χ0) is 17.3. The molecule has 1 aliphatic rings. The molecule has 0 radical (unpaired) electrons. The van der Waals surface area contributed by atoms with Gasteiger partial charge in [0, 0.05) is 12.1 Å². The van der Waals surface area contributed by atoms with Gasteiger partial charge in [0.15, 0.2) is 0 Å². The SMILES string of the molecule is CCC(=O)Nc1ccc(OC)c(N2C(=O)c3ccccc3C2=O)c1. The number of carbonyl (C=O) groups excluding carboxylic acids is 3. The second-order valence-corrected chi connectivity index (χ2v) is 5.28. The van der Waals surface area contributed by atoms with Crippen molar-refractivity contribution in [3.05, 3.63) is 53.6 Å². The van der Waals surface area contributed by atoms with E-state index in [-0.39, 0.29) is 5.91 Å². The summed E-state index contributed by atoms with van der Waals surface area (Å²) in [6.45, 7) is 1.74. The fourth-order valence-corrected chi connectivity index (χ4v) is 2.60. The largest absolute Gasteiger partial charge is 0.495 e. The van der Waals surface area contributed by atoms with Crippen LogP contribution < -0.4 is 15.0 Å². The van der Waals surface area contributed by atoms with E-state index in [1.807, 2.05) is 0 Å². The number of nitrogens with one attached hydrogen (secondary N) is 1. The van der Waals surface area contributed by atoms with E-state index >= 15 is 0 Å². The number of hydrogen-bond acceptors (Lipinski definition) is 4. The van der Waals surface area contributed by atoms with E-state index in [1.165, 1.54) is 7.11 Å². The van der Waals surface area contributed by atoms with E-state index in [9.17, 15) is 14.4 Å². The second kappa shape index (κ2) is 6.16. The van der Waals surface area contributed by atoms with Gasteiger partial charge in [-0.2, -0.15) is 0 Å². The summed E-state index contributed by atoms with van der Waals surface area (Å²) >= 11 is 0. The number of rotatable bonds is 4. The lowest BCUT2D eigenvalue weighted by molar-refractivity contribution is -0.115. The lowest BCUT2D eigenvalue weighted by atomic mass is 10.1. The molecule has 0 saturated carbocycles. The van der Waals surface area contributed by atoms with Gasteiger partial charge in [-0.1, -0.05) is 19.1 Å². The van der Waals surface area contributed by atoms with Gasteiger partial charge in [0.1, 0.15) is 5.75 Å². The third-order valence-corrected chi connectivity index (χ3v) is 3.82. The minimum Gasteiger partial charge on any atom is -0.495 e. The average Bonchev–Trinajstić information content (AvgIpc) is 2.86. The van der Waals surface area contributed by atoms with Crippen molar-refractivity contribution in [3.8, 4) is 5.75 Å². The van der Waals surface area contributed by atoms with Gasteiger partial charge in [-0.05, 0) is 30.3 Å². The van der Waals surface area contributed by atoms with Crippen molar-refractivity contribution in [2.45, 2.75) is 13.3 Å². The van der Waals surface area contributed by atoms with Gasteiger partial charge in [-0.3, -0.25) is 14.4 Å². The van der Waals surface area contributed by atoms with E-state index in [1.54, 1.807) is 49.4 Å². The number of benzene rings is 2. The molecule has 2 aromatic carbocycles. The Labute approximate surface area is 139 Å². The smallest absolute Gasteiger partial charge is 0.266 e. The van der Waals surface area contributed by atoms with Crippen LogP contribution in [0, 0.1) is 0 Å². The van der Waals surface area contributed by atoms with Gasteiger partial charge >= 0.3 is 0 Å². The van der Waals surface area contributed by atoms with E-state index in [0.29, 0.717) is 34.7 Å². The van der Waals surface area contributed by atoms with E-state index in [4.69, 9.17) is 4.74 Å². The number of hydrogen-bond donors (Lipinski definition) is 1. The molecule has 1 heterocycles. The van der Waals surface area contributed by atoms with Crippen molar-refractivity contribution in [1.82, 2.24) is 0 Å². The summed E-state index contributed by atoms with van der Waals surface area (Å²) in [5.74, 6) is -0.604. The number of fused-ring (bicyclic) bond motifs is 1. The molecule has 122 valence electrons. The zero-order valence-electron chi connectivity index (χ0n) is 13.3. The van der Waals surface area contributed by atoms with Crippen LogP contribution in [0.4, 0.5) is 11.4 Å². The predicted molar refractivity (Wildman–Crippen MR) is 89.5 cm³/mol. The molecule has 0 bridgehead atoms. The Kier molecular flexibility index (Phi) is 4.04. The fraction of sp³-hybridized carbons (Fsp3) is 0.167. The Balaban J connectivity index is 2.05. The number of ether oxygens (including phenoxy) is 1. The molecular weight excluding hydrogens is 308 g/mol. The summed E-state index contributed by atoms with van der Waals surface area (Å²) < 4.78 is 5.28. The third-order valence-electron chi connectivity index (χ3n) is 3.82. The highest BCUT2D eigenvalue weighted by Crippen LogP contribution is 2.36. The minimum atomic E-state index is -0.409. The Hall–Kier alpha value is -3.15. The quantitative estimate of drug-likeness (QED) is 0.878. The second-order valence-electron chi connectivity index (χ2n) is 5.28. The number of imide groups is 1. The summed E-state index contributed by atoms with van der Waals surface area (Å²) in [6.07, 6.45) is 0.328. The Morgan fingerprint density at radius 1 is 1.08 bits per heavy atom. The molecule has 0 aliphatic carbocycles. The van der Waals surface area contributed by atoms with Crippen molar-refractivity contribution in [2.24, 2.45) is 0 Å². The lowest BCUT2D eigenvalue weighted by Gasteiger charge is -2.18. The molecule has 0 aromatic heterocycles. The molecule has 0 saturated heterocycles. The van der Waals surface area contributed by atoms with Crippen LogP contribution in [0.3, 0.4) is 0 Å². The van der Waals surface area contributed by atoms with E-state index < -0.39 is 11.8 Å². The number of nitrogens with zero attached hydrogens (tertiary/aromatic N) is 1. The molecule has 1 N–H and O–H groups in total. The molecule has 0 unspecified atom stereocenters. The molecule has 0 spiro atoms. The maximum atomic E-state index is 12.6. The van der Waals surface area contributed by atoms with Crippen LogP contribution >= 0.6 is 0 Å². The molecule has 3 rings (SSSR count). The van der Waals surface area contributed by atoms with Gasteiger partial charge in [-0.25, -0.2) is 4.90 Å². The van der Waals surface area contributed by atoms with Crippen LogP contribution in [0.15, 0.2) is 42.5 Å². The molecule has 0 fully saturated rings. The topological polar surface area (TPSA) is 75.7 Å². The number of anilines is 2. The first-order valence-electron chi connectivity index (χ1n) is 7.52. The number of carbonyl (C=O) groups is 3. The van der Waals surface area contributed by atoms with Gasteiger partial charge in [0.2, 0.25) is 5.91 Å². The molecule has 6 heteroatoms. The van der Waals surface area contributed by atoms with Crippen LogP contribution in [0.25, 0.3) is 0 Å². The third kappa shape index (κ3) is 2.52. The first kappa shape index (κ1) is 15.7. The van der Waals surface area contributed by atoms with Crippen LogP contribution in [-0.4, -0.2) is 24.8 Å². The van der Waals surface area contributed by atoms with Crippen LogP contribution in [-0.2, 0) is 4.79 Å². The average molecular weight is 324 g/mol. The van der Waals surface area contributed by atoms with Gasteiger partial charge < -0.3 is 10.1 Å². The highest BCUT2D eigenvalue weighted by atomic mass is 16.5. The molecule has 2 aromatic rings. The monoisotopic (exact) mass is 324 g/mol. The van der Waals surface area contributed by atoms with Crippen molar-refractivity contribution in [2.75, 3.05) is 17.3 Å². The summed E-state index contributed by atoms with van der Waals surface area (Å²) in [6, 6.07) is 11.5. The standard InChI is InChI=1S/C18H16N2O4/c1-3-16(21)19-11-8-9-15(24-2)14(10-11)20-17(22)12-6-4-5-7-13(12)18(20)23/h4-10H,3H2,1-2H3,(H,19,21). The molecule has 1 aliphatic heterocycles. The van der Waals surface area contributed by atoms with Crippen molar-refractivity contribution < 1.29 is 19.1 Å². The maximum Gasteiger partial charge on any atom is 0.266 e. The summed E-state index contributed by atoms with van der Waals surface area (Å²) in [5, 5.41) is 2.71. The van der Waals surface area contributed by atoms with Gasteiger partial charge in [-0.15, -0.1) is 0 Å². The van der Waals surface area contributed by atoms with Crippen LogP contribution in [0.5, 0.6) is 5.75 Å². The van der Waals surface area contributed by atoms with Crippen molar-refractivity contribution in [3.63, 3.8) is 0 Å². The Morgan fingerprint density at radius 2 is 1.71 bits per heavy atom. The number of amides is 3. The van der Waals surface area contributed by atoms with Crippen LogP contribution in [0.2, 0.25) is 0 Å². The lowest BCUT2D eigenvalue weighted by Crippen LogP contribution is -2.30. The first-order chi connectivity index (χ1) is 11.6. The number of methoxy groups -OCH3 is 1. The van der Waals surface area contributed by atoms with Crippen LogP contribution in [0.1, 0.15) is 34.1 Å². The van der Waals surface area contributed by atoms with Crippen molar-refractivity contribution in [1.29, 1.82) is 0 Å². The van der Waals surface area contributed by atoms with Gasteiger partial charge in [0.05, 0.1) is 23.9 Å². The Bertz CT molecular complexity index is 810. The molecule has 0 atom stereocenters. The molecule has 24 heavy (non-hydrogen) atoms. The maximum absolute atomic E-state index is 12.6. The Morgan fingerprint density at radius 3 is 2.25 bits per heavy atom. The molecule has 3 amide bonds. The first-order valence-corrected chi connectivity index (χ1v) is 7.52. The summed E-state index contributed by atoms with van der Waals surface area (Å²) in [4.78, 5) is 37.9. The molecule has 6 nitrogen and oxygen atoms in total. The van der Waals surface area contributed by atoms with E-state index in [2.05, 4.69) is 5.32 Å². The summed E-state index contributed by atoms with van der Waals surface area (Å²) in [7, 11) is 1.46. The highest BCUT2D eigenvalue weighted by Gasteiger charge is 2.37. The molecular formula is C18H16N2O4. The van der Waals surface area contributed by atoms with E-state index in [0.717, 1.165) is 4.90 Å². The zero-order valence-corrected chi connectivity index (χ0v) is 13.3. The minimum absolute atomic E-state index is 0.159. The normalized spacial score (nSPS) is 13.0. The van der Waals surface area contributed by atoms with Gasteiger partial charge in [0.25, 0.3) is 11.8 Å². The fourth-order valence-electron chi connectivity index (χ4n) is 2.60. The summed E-state index contributed by atoms with van der Waals surface area (Å²) in [5.41, 5.74) is 1.51. The predicted octanol–water partition coefficient (Wildman–Crippen LogP) is 2.84. The highest BCUT2D eigenvalue weighted by molar-refractivity contribution is 6.35. The van der Waals surface area contributed by atoms with Crippen molar-refractivity contribution >= 4 is 29.1 Å².